The van der Waals surface area contributed by atoms with Crippen molar-refractivity contribution >= 4 is 28.1 Å². The molecule has 1 aliphatic heterocycles. The lowest BCUT2D eigenvalue weighted by molar-refractivity contribution is -0.103. The van der Waals surface area contributed by atoms with E-state index in [0.29, 0.717) is 17.6 Å². The maximum Gasteiger partial charge on any atom is 0.184 e. The van der Waals surface area contributed by atoms with Gasteiger partial charge in [-0.15, -0.1) is 0 Å². The summed E-state index contributed by atoms with van der Waals surface area (Å²) < 4.78 is 5.39. The van der Waals surface area contributed by atoms with Crippen molar-refractivity contribution in [3.8, 4) is 0 Å². The van der Waals surface area contributed by atoms with Crippen LogP contribution >= 0.6 is 15.9 Å². The minimum absolute atomic E-state index is 0.0447. The average molecular weight is 249 g/mol. The van der Waals surface area contributed by atoms with Crippen LogP contribution in [0.5, 0.6) is 0 Å². The van der Waals surface area contributed by atoms with Crippen molar-refractivity contribution in [3.05, 3.63) is 0 Å². The molecule has 0 bridgehead atoms. The number of aldehydes is 1. The first-order valence-electron chi connectivity index (χ1n) is 4.30. The average Bonchev–Trinajstić information content (AvgIpc) is 2.19. The molecule has 0 aromatic rings. The molecule has 1 heterocycles. The number of rotatable bonds is 3. The van der Waals surface area contributed by atoms with Gasteiger partial charge in [0.15, 0.2) is 12.1 Å². The van der Waals surface area contributed by atoms with Crippen molar-refractivity contribution in [2.75, 3.05) is 12.1 Å². The zero-order valence-corrected chi connectivity index (χ0v) is 8.92. The van der Waals surface area contributed by atoms with Crippen molar-refractivity contribution in [3.63, 3.8) is 0 Å². The van der Waals surface area contributed by atoms with Crippen LogP contribution in [0.15, 0.2) is 4.99 Å². The van der Waals surface area contributed by atoms with Crippen molar-refractivity contribution < 1.29 is 9.53 Å². The summed E-state index contributed by atoms with van der Waals surface area (Å²) in [5.74, 6) is 0.351. The van der Waals surface area contributed by atoms with Gasteiger partial charge in [-0.05, 0) is 19.3 Å². The topological polar surface area (TPSA) is 50.7 Å². The van der Waals surface area contributed by atoms with Crippen molar-refractivity contribution in [2.45, 2.75) is 25.5 Å². The molecule has 1 unspecified atom stereocenters. The Hall–Kier alpha value is -0.420. The predicted octanol–water partition coefficient (Wildman–Crippen LogP) is 1.05. The molecular formula is C8H13BrN2O2. The second-order valence-electron chi connectivity index (χ2n) is 2.78. The molecule has 0 saturated carbocycles. The Morgan fingerprint density at radius 1 is 1.69 bits per heavy atom. The summed E-state index contributed by atoms with van der Waals surface area (Å²) in [5, 5.41) is 2.94. The first-order chi connectivity index (χ1) is 6.36. The third kappa shape index (κ3) is 3.87. The van der Waals surface area contributed by atoms with Crippen molar-refractivity contribution in [1.82, 2.24) is 5.32 Å². The van der Waals surface area contributed by atoms with Crippen LogP contribution in [-0.4, -0.2) is 30.4 Å². The Bertz CT molecular complexity index is 191. The molecule has 0 spiro atoms. The van der Waals surface area contributed by atoms with Gasteiger partial charge in [0.2, 0.25) is 0 Å². The van der Waals surface area contributed by atoms with E-state index in [-0.39, 0.29) is 6.23 Å². The van der Waals surface area contributed by atoms with Crippen molar-refractivity contribution in [2.24, 2.45) is 4.99 Å². The van der Waals surface area contributed by atoms with Crippen molar-refractivity contribution in [1.29, 1.82) is 0 Å². The molecule has 5 heteroatoms. The van der Waals surface area contributed by atoms with Gasteiger partial charge in [-0.1, -0.05) is 15.9 Å². The summed E-state index contributed by atoms with van der Waals surface area (Å²) >= 11 is 3.13. The van der Waals surface area contributed by atoms with Gasteiger partial charge in [0.05, 0.1) is 5.45 Å². The van der Waals surface area contributed by atoms with E-state index in [0.717, 1.165) is 25.9 Å². The molecule has 74 valence electrons. The second-order valence-corrected chi connectivity index (χ2v) is 3.28. The van der Waals surface area contributed by atoms with Crippen LogP contribution in [0.2, 0.25) is 0 Å². The zero-order valence-electron chi connectivity index (χ0n) is 7.33. The number of carbonyl (C=O) groups excluding carboxylic acids is 1. The second kappa shape index (κ2) is 6.10. The fourth-order valence-corrected chi connectivity index (χ4v) is 1.47. The Morgan fingerprint density at radius 3 is 3.08 bits per heavy atom. The Kier molecular flexibility index (Phi) is 5.00. The van der Waals surface area contributed by atoms with Gasteiger partial charge in [-0.3, -0.25) is 9.79 Å². The van der Waals surface area contributed by atoms with E-state index >= 15 is 0 Å². The molecule has 13 heavy (non-hydrogen) atoms. The van der Waals surface area contributed by atoms with Gasteiger partial charge in [0.1, 0.15) is 6.23 Å². The van der Waals surface area contributed by atoms with E-state index in [1.54, 1.807) is 0 Å². The third-order valence-corrected chi connectivity index (χ3v) is 2.08. The number of alkyl halides is 1. The number of halogens is 1. The summed E-state index contributed by atoms with van der Waals surface area (Å²) in [7, 11) is 0. The van der Waals surface area contributed by atoms with E-state index in [2.05, 4.69) is 26.2 Å². The molecular weight excluding hydrogens is 236 g/mol. The van der Waals surface area contributed by atoms with Gasteiger partial charge in [0.25, 0.3) is 0 Å². The SMILES string of the molecule is O=C/C(=N/CBr)NC1CCCCO1. The van der Waals surface area contributed by atoms with E-state index in [4.69, 9.17) is 4.74 Å². The van der Waals surface area contributed by atoms with E-state index < -0.39 is 0 Å². The third-order valence-electron chi connectivity index (χ3n) is 1.83. The van der Waals surface area contributed by atoms with Crippen LogP contribution < -0.4 is 5.32 Å². The largest absolute Gasteiger partial charge is 0.359 e. The highest BCUT2D eigenvalue weighted by Crippen LogP contribution is 2.09. The highest BCUT2D eigenvalue weighted by Gasteiger charge is 2.14. The Morgan fingerprint density at radius 2 is 2.54 bits per heavy atom. The molecule has 1 rings (SSSR count). The predicted molar refractivity (Wildman–Crippen MR) is 54.0 cm³/mol. The molecule has 1 aliphatic rings. The minimum Gasteiger partial charge on any atom is -0.359 e. The number of nitrogens with zero attached hydrogens (tertiary/aromatic N) is 1. The smallest absolute Gasteiger partial charge is 0.184 e. The zero-order chi connectivity index (χ0) is 9.52. The maximum atomic E-state index is 10.5. The monoisotopic (exact) mass is 248 g/mol. The number of nitrogens with one attached hydrogen (secondary N) is 1. The fraction of sp³-hybridized carbons (Fsp3) is 0.750. The first-order valence-corrected chi connectivity index (χ1v) is 5.42. The number of ether oxygens (including phenoxy) is 1. The Balaban J connectivity index is 2.35. The molecule has 0 aromatic heterocycles. The number of amidine groups is 1. The van der Waals surface area contributed by atoms with Crippen LogP contribution in [0.4, 0.5) is 0 Å². The minimum atomic E-state index is -0.0447. The standard InChI is InChI=1S/C8H13BrN2O2/c9-6-10-7(5-12)11-8-3-1-2-4-13-8/h5,8H,1-4,6H2,(H,10,11). The maximum absolute atomic E-state index is 10.5. The summed E-state index contributed by atoms with van der Waals surface area (Å²) in [5.41, 5.74) is 0.431. The molecule has 1 saturated heterocycles. The van der Waals surface area contributed by atoms with E-state index in [9.17, 15) is 4.79 Å². The molecule has 1 N–H and O–H groups in total. The lowest BCUT2D eigenvalue weighted by Crippen LogP contribution is -2.39. The number of hydrogen-bond acceptors (Lipinski definition) is 3. The lowest BCUT2D eigenvalue weighted by Gasteiger charge is -2.23. The fourth-order valence-electron chi connectivity index (χ4n) is 1.20. The summed E-state index contributed by atoms with van der Waals surface area (Å²) in [6.45, 7) is 0.762. The van der Waals surface area contributed by atoms with Gasteiger partial charge >= 0.3 is 0 Å². The first kappa shape index (κ1) is 10.7. The van der Waals surface area contributed by atoms with Gasteiger partial charge in [0, 0.05) is 6.61 Å². The molecule has 0 aliphatic carbocycles. The van der Waals surface area contributed by atoms with Gasteiger partial charge in [-0.25, -0.2) is 0 Å². The van der Waals surface area contributed by atoms with E-state index in [1.807, 2.05) is 0 Å². The van der Waals surface area contributed by atoms with Crippen LogP contribution in [0, 0.1) is 0 Å². The highest BCUT2D eigenvalue weighted by atomic mass is 79.9. The Labute approximate surface area is 85.9 Å². The normalized spacial score (nSPS) is 24.1. The molecule has 0 radical (unpaired) electrons. The summed E-state index contributed by atoms with van der Waals surface area (Å²) in [4.78, 5) is 14.4. The number of hydrogen-bond donors (Lipinski definition) is 1. The quantitative estimate of drug-likeness (QED) is 0.267. The van der Waals surface area contributed by atoms with Gasteiger partial charge < -0.3 is 10.1 Å². The summed E-state index contributed by atoms with van der Waals surface area (Å²) in [6, 6.07) is 0. The number of aliphatic imine (C=N–C) groups is 1. The molecule has 0 amide bonds. The van der Waals surface area contributed by atoms with Crippen LogP contribution in [0.3, 0.4) is 0 Å². The number of carbonyl (C=O) groups is 1. The highest BCUT2D eigenvalue weighted by molar-refractivity contribution is 9.09. The molecule has 0 aromatic carbocycles. The van der Waals surface area contributed by atoms with Crippen LogP contribution in [0.25, 0.3) is 0 Å². The molecule has 4 nitrogen and oxygen atoms in total. The van der Waals surface area contributed by atoms with E-state index in [1.165, 1.54) is 0 Å². The summed E-state index contributed by atoms with van der Waals surface area (Å²) in [6.07, 6.45) is 3.84. The lowest BCUT2D eigenvalue weighted by atomic mass is 10.2. The van der Waals surface area contributed by atoms with Crippen LogP contribution in [-0.2, 0) is 9.53 Å². The molecule has 1 atom stereocenters. The van der Waals surface area contributed by atoms with Crippen LogP contribution in [0.1, 0.15) is 19.3 Å². The van der Waals surface area contributed by atoms with Gasteiger partial charge in [-0.2, -0.15) is 0 Å². The molecule has 1 fully saturated rings.